The molecule has 0 bridgehead atoms. The first-order valence-electron chi connectivity index (χ1n) is 12.2. The van der Waals surface area contributed by atoms with Gasteiger partial charge in [-0.3, -0.25) is 4.90 Å². The van der Waals surface area contributed by atoms with E-state index in [1.165, 1.54) is 82.3 Å². The molecule has 164 valence electrons. The zero-order valence-electron chi connectivity index (χ0n) is 18.6. The molecule has 3 fully saturated rings. The van der Waals surface area contributed by atoms with Crippen molar-refractivity contribution in [2.75, 3.05) is 32.8 Å². The summed E-state index contributed by atoms with van der Waals surface area (Å²) in [6.07, 6.45) is 11.3. The Hall–Kier alpha value is -1.43. The highest BCUT2D eigenvalue weighted by molar-refractivity contribution is 5.75. The minimum absolute atomic E-state index is 0.401. The number of imidazole rings is 1. The van der Waals surface area contributed by atoms with E-state index < -0.39 is 0 Å². The van der Waals surface area contributed by atoms with Crippen molar-refractivity contribution in [2.45, 2.75) is 70.1 Å². The monoisotopic (exact) mass is 410 g/mol. The lowest BCUT2D eigenvalue weighted by molar-refractivity contribution is 0.0528. The summed E-state index contributed by atoms with van der Waals surface area (Å²) in [6, 6.07) is 9.38. The van der Waals surface area contributed by atoms with Crippen LogP contribution in [0, 0.1) is 5.92 Å². The number of aryl methyl sites for hydroxylation is 1. The van der Waals surface area contributed by atoms with Crippen LogP contribution in [0.15, 0.2) is 24.3 Å². The highest BCUT2D eigenvalue weighted by Crippen LogP contribution is 2.29. The summed E-state index contributed by atoms with van der Waals surface area (Å²) in [5, 5.41) is 0. The van der Waals surface area contributed by atoms with Gasteiger partial charge in [0.05, 0.1) is 23.7 Å². The molecule has 5 heteroatoms. The number of benzene rings is 1. The smallest absolute Gasteiger partial charge is 0.123 e. The first kappa shape index (κ1) is 20.5. The minimum atomic E-state index is 0.401. The molecule has 1 aliphatic carbocycles. The second kappa shape index (κ2) is 9.37. The first-order chi connectivity index (χ1) is 14.8. The third kappa shape index (κ3) is 4.58. The molecule has 0 radical (unpaired) electrons. The molecule has 0 N–H and O–H groups in total. The van der Waals surface area contributed by atoms with Crippen LogP contribution in [-0.4, -0.2) is 64.3 Å². The van der Waals surface area contributed by atoms with Gasteiger partial charge in [0.1, 0.15) is 5.82 Å². The molecule has 2 aliphatic heterocycles. The van der Waals surface area contributed by atoms with Gasteiger partial charge in [0.15, 0.2) is 0 Å². The fourth-order valence-electron chi connectivity index (χ4n) is 5.95. The van der Waals surface area contributed by atoms with Gasteiger partial charge in [0.25, 0.3) is 0 Å². The Bertz CT molecular complexity index is 814. The molecule has 3 aliphatic rings. The maximum absolute atomic E-state index is 6.01. The van der Waals surface area contributed by atoms with Crippen LogP contribution in [0.1, 0.15) is 57.2 Å². The lowest BCUT2D eigenvalue weighted by atomic mass is 9.94. The van der Waals surface area contributed by atoms with Gasteiger partial charge in [-0.25, -0.2) is 4.98 Å². The van der Waals surface area contributed by atoms with Gasteiger partial charge in [-0.2, -0.15) is 0 Å². The molecular weight excluding hydrogens is 372 g/mol. The highest BCUT2D eigenvalue weighted by Gasteiger charge is 2.29. The number of likely N-dealkylation sites (tertiary alicyclic amines) is 1. The van der Waals surface area contributed by atoms with Crippen LogP contribution in [0.2, 0.25) is 0 Å². The van der Waals surface area contributed by atoms with E-state index in [9.17, 15) is 0 Å². The van der Waals surface area contributed by atoms with Gasteiger partial charge in [-0.05, 0) is 69.7 Å². The van der Waals surface area contributed by atoms with Crippen molar-refractivity contribution in [2.24, 2.45) is 13.0 Å². The highest BCUT2D eigenvalue weighted by atomic mass is 16.5. The summed E-state index contributed by atoms with van der Waals surface area (Å²) in [4.78, 5) is 10.4. The lowest BCUT2D eigenvalue weighted by Crippen LogP contribution is -2.43. The van der Waals surface area contributed by atoms with E-state index in [0.717, 1.165) is 37.2 Å². The number of hydrogen-bond donors (Lipinski definition) is 0. The molecule has 1 saturated carbocycles. The molecule has 1 aromatic carbocycles. The molecule has 1 unspecified atom stereocenters. The molecule has 0 spiro atoms. The van der Waals surface area contributed by atoms with Crippen LogP contribution < -0.4 is 0 Å². The van der Waals surface area contributed by atoms with E-state index in [4.69, 9.17) is 9.72 Å². The number of ether oxygens (including phenoxy) is 1. The van der Waals surface area contributed by atoms with Crippen molar-refractivity contribution in [3.8, 4) is 0 Å². The fourth-order valence-corrected chi connectivity index (χ4v) is 5.95. The van der Waals surface area contributed by atoms with Gasteiger partial charge in [0, 0.05) is 32.8 Å². The van der Waals surface area contributed by atoms with Crippen LogP contribution in [0.4, 0.5) is 0 Å². The second-order valence-electron chi connectivity index (χ2n) is 9.82. The molecule has 5 nitrogen and oxygen atoms in total. The van der Waals surface area contributed by atoms with E-state index in [2.05, 4.69) is 45.7 Å². The van der Waals surface area contributed by atoms with E-state index in [1.54, 1.807) is 0 Å². The topological polar surface area (TPSA) is 33.5 Å². The van der Waals surface area contributed by atoms with Crippen molar-refractivity contribution in [3.05, 3.63) is 30.1 Å². The molecule has 1 aromatic heterocycles. The van der Waals surface area contributed by atoms with Gasteiger partial charge in [-0.1, -0.05) is 25.0 Å². The number of piperidine rings is 1. The van der Waals surface area contributed by atoms with Crippen molar-refractivity contribution >= 4 is 11.0 Å². The molecule has 2 saturated heterocycles. The van der Waals surface area contributed by atoms with E-state index in [0.29, 0.717) is 6.10 Å². The second-order valence-corrected chi connectivity index (χ2v) is 9.82. The SMILES string of the molecule is Cn1c(CN(CC2CCN(C3CCCC3)CC2)CC2CCCO2)nc2ccccc21. The van der Waals surface area contributed by atoms with Crippen molar-refractivity contribution in [1.82, 2.24) is 19.4 Å². The summed E-state index contributed by atoms with van der Waals surface area (Å²) in [5.74, 6) is 1.98. The van der Waals surface area contributed by atoms with E-state index in [1.807, 2.05) is 0 Å². The summed E-state index contributed by atoms with van der Waals surface area (Å²) >= 11 is 0. The van der Waals surface area contributed by atoms with E-state index >= 15 is 0 Å². The van der Waals surface area contributed by atoms with Crippen LogP contribution in [0.5, 0.6) is 0 Å². The van der Waals surface area contributed by atoms with Gasteiger partial charge < -0.3 is 14.2 Å². The van der Waals surface area contributed by atoms with Gasteiger partial charge in [0.2, 0.25) is 0 Å². The lowest BCUT2D eigenvalue weighted by Gasteiger charge is -2.38. The van der Waals surface area contributed by atoms with Gasteiger partial charge in [-0.15, -0.1) is 0 Å². The third-order valence-electron chi connectivity index (χ3n) is 7.74. The number of rotatable bonds is 7. The standard InChI is InChI=1S/C25H38N4O/c1-27-24-11-5-4-10-23(24)26-25(27)19-28(18-22-9-6-16-30-22)17-20-12-14-29(15-13-20)21-7-2-3-8-21/h4-5,10-11,20-22H,2-3,6-9,12-19H2,1H3. The summed E-state index contributed by atoms with van der Waals surface area (Å²) < 4.78 is 8.29. The van der Waals surface area contributed by atoms with Crippen molar-refractivity contribution in [1.29, 1.82) is 0 Å². The van der Waals surface area contributed by atoms with Crippen molar-refractivity contribution in [3.63, 3.8) is 0 Å². The van der Waals surface area contributed by atoms with E-state index in [-0.39, 0.29) is 0 Å². The molecule has 5 rings (SSSR count). The average molecular weight is 411 g/mol. The Morgan fingerprint density at radius 2 is 1.80 bits per heavy atom. The summed E-state index contributed by atoms with van der Waals surface area (Å²) in [7, 11) is 2.16. The Balaban J connectivity index is 1.24. The summed E-state index contributed by atoms with van der Waals surface area (Å²) in [5.41, 5.74) is 2.34. The number of para-hydroxylation sites is 2. The number of fused-ring (bicyclic) bond motifs is 1. The maximum Gasteiger partial charge on any atom is 0.123 e. The predicted octanol–water partition coefficient (Wildman–Crippen LogP) is 4.21. The Kier molecular flexibility index (Phi) is 6.40. The minimum Gasteiger partial charge on any atom is -0.377 e. The molecule has 1 atom stereocenters. The third-order valence-corrected chi connectivity index (χ3v) is 7.74. The van der Waals surface area contributed by atoms with Crippen LogP contribution >= 0.6 is 0 Å². The number of aromatic nitrogens is 2. The molecule has 30 heavy (non-hydrogen) atoms. The van der Waals surface area contributed by atoms with Crippen molar-refractivity contribution < 1.29 is 4.74 Å². The molecule has 0 amide bonds. The predicted molar refractivity (Wildman–Crippen MR) is 122 cm³/mol. The normalized spacial score (nSPS) is 24.5. The molecule has 3 heterocycles. The Morgan fingerprint density at radius 1 is 1.00 bits per heavy atom. The fraction of sp³-hybridized carbons (Fsp3) is 0.720. The molecular formula is C25H38N4O. The largest absolute Gasteiger partial charge is 0.377 e. The quantitative estimate of drug-likeness (QED) is 0.685. The summed E-state index contributed by atoms with van der Waals surface area (Å²) in [6.45, 7) is 6.69. The van der Waals surface area contributed by atoms with Crippen LogP contribution in [0.3, 0.4) is 0 Å². The Labute approximate surface area is 181 Å². The maximum atomic E-state index is 6.01. The van der Waals surface area contributed by atoms with Crippen LogP contribution in [-0.2, 0) is 18.3 Å². The molecule has 2 aromatic rings. The Morgan fingerprint density at radius 3 is 2.53 bits per heavy atom. The zero-order chi connectivity index (χ0) is 20.3. The van der Waals surface area contributed by atoms with Crippen LogP contribution in [0.25, 0.3) is 11.0 Å². The number of nitrogens with zero attached hydrogens (tertiary/aromatic N) is 4. The average Bonchev–Trinajstić information content (AvgIpc) is 3.52. The number of hydrogen-bond acceptors (Lipinski definition) is 4. The van der Waals surface area contributed by atoms with Gasteiger partial charge >= 0.3 is 0 Å². The first-order valence-corrected chi connectivity index (χ1v) is 12.2. The zero-order valence-corrected chi connectivity index (χ0v) is 18.6.